The molecule has 0 aliphatic rings. The third-order valence-electron chi connectivity index (χ3n) is 3.55. The first-order valence-corrected chi connectivity index (χ1v) is 9.41. The molecule has 1 atom stereocenters. The van der Waals surface area contributed by atoms with Gasteiger partial charge in [-0.1, -0.05) is 12.1 Å². The van der Waals surface area contributed by atoms with E-state index in [0.717, 1.165) is 16.1 Å². The van der Waals surface area contributed by atoms with Gasteiger partial charge in [0.15, 0.2) is 0 Å². The Morgan fingerprint density at radius 2 is 1.96 bits per heavy atom. The lowest BCUT2D eigenvalue weighted by molar-refractivity contribution is -0.158. The van der Waals surface area contributed by atoms with Gasteiger partial charge < -0.3 is 15.2 Å². The molecule has 7 heteroatoms. The molecule has 1 amide bonds. The first-order chi connectivity index (χ1) is 12.6. The molecule has 1 unspecified atom stereocenters. The predicted octanol–water partition coefficient (Wildman–Crippen LogP) is 3.24. The maximum absolute atomic E-state index is 12.5. The summed E-state index contributed by atoms with van der Waals surface area (Å²) in [7, 11) is 0. The van der Waals surface area contributed by atoms with Crippen LogP contribution in [0.15, 0.2) is 35.9 Å². The van der Waals surface area contributed by atoms with E-state index in [2.05, 4.69) is 10.3 Å². The van der Waals surface area contributed by atoms with E-state index in [0.29, 0.717) is 0 Å². The molecule has 2 rings (SSSR count). The summed E-state index contributed by atoms with van der Waals surface area (Å²) in [6, 6.07) is 5.64. The van der Waals surface area contributed by atoms with Crippen molar-refractivity contribution in [2.75, 3.05) is 0 Å². The van der Waals surface area contributed by atoms with Gasteiger partial charge in [-0.15, -0.1) is 11.3 Å². The fourth-order valence-electron chi connectivity index (χ4n) is 2.28. The highest BCUT2D eigenvalue weighted by Crippen LogP contribution is 2.15. The minimum absolute atomic E-state index is 0.138. The molecule has 1 heterocycles. The summed E-state index contributed by atoms with van der Waals surface area (Å²) in [5.41, 5.74) is 2.69. The van der Waals surface area contributed by atoms with Gasteiger partial charge in [0.2, 0.25) is 5.91 Å². The first kappa shape index (κ1) is 20.6. The average molecular weight is 388 g/mol. The van der Waals surface area contributed by atoms with Gasteiger partial charge in [0.25, 0.3) is 0 Å². The number of aryl methyl sites for hydroxylation is 1. The number of carbonyl (C=O) groups is 2. The normalized spacial score (nSPS) is 12.7. The van der Waals surface area contributed by atoms with Crippen molar-refractivity contribution in [3.8, 4) is 5.75 Å². The molecule has 0 fully saturated rings. The molecule has 0 saturated heterocycles. The lowest BCUT2D eigenvalue weighted by atomic mass is 10.1. The van der Waals surface area contributed by atoms with Crippen LogP contribution < -0.4 is 5.32 Å². The van der Waals surface area contributed by atoms with Crippen LogP contribution in [0.1, 0.15) is 36.9 Å². The minimum atomic E-state index is -0.839. The van der Waals surface area contributed by atoms with Gasteiger partial charge in [0.1, 0.15) is 17.4 Å². The molecule has 0 aliphatic heterocycles. The van der Waals surface area contributed by atoms with E-state index in [9.17, 15) is 14.7 Å². The number of thiazole rings is 1. The summed E-state index contributed by atoms with van der Waals surface area (Å²) in [5.74, 6) is -0.761. The van der Waals surface area contributed by atoms with Gasteiger partial charge in [0, 0.05) is 17.4 Å². The summed E-state index contributed by atoms with van der Waals surface area (Å²) >= 11 is 1.44. The highest BCUT2D eigenvalue weighted by molar-refractivity contribution is 7.10. The third-order valence-corrected chi connectivity index (χ3v) is 4.45. The Kier molecular flexibility index (Phi) is 6.74. The zero-order chi connectivity index (χ0) is 20.0. The maximum atomic E-state index is 12.5. The van der Waals surface area contributed by atoms with Crippen LogP contribution in [-0.4, -0.2) is 33.6 Å². The van der Waals surface area contributed by atoms with Crippen molar-refractivity contribution in [3.63, 3.8) is 0 Å². The SMILES string of the molecule is Cc1ncsc1/C=C/C(=O)NC(Cc1ccc(O)cc1)C(=O)OC(C)(C)C. The monoisotopic (exact) mass is 388 g/mol. The number of aromatic nitrogens is 1. The quantitative estimate of drug-likeness (QED) is 0.586. The van der Waals surface area contributed by atoms with E-state index < -0.39 is 23.5 Å². The summed E-state index contributed by atoms with van der Waals surface area (Å²) in [6.07, 6.45) is 3.32. The number of aromatic hydroxyl groups is 1. The second-order valence-electron chi connectivity index (χ2n) is 7.10. The number of esters is 1. The molecule has 0 spiro atoms. The molecule has 2 N–H and O–H groups in total. The number of hydrogen-bond acceptors (Lipinski definition) is 6. The second kappa shape index (κ2) is 8.81. The van der Waals surface area contributed by atoms with Crippen LogP contribution in [-0.2, 0) is 20.7 Å². The Hall–Kier alpha value is -2.67. The van der Waals surface area contributed by atoms with Gasteiger partial charge in [-0.05, 0) is 51.5 Å². The smallest absolute Gasteiger partial charge is 0.329 e. The van der Waals surface area contributed by atoms with Crippen molar-refractivity contribution in [1.82, 2.24) is 10.3 Å². The van der Waals surface area contributed by atoms with Gasteiger partial charge >= 0.3 is 5.97 Å². The van der Waals surface area contributed by atoms with Crippen LogP contribution in [0.25, 0.3) is 6.08 Å². The van der Waals surface area contributed by atoms with E-state index in [1.54, 1.807) is 44.5 Å². The molecule has 144 valence electrons. The van der Waals surface area contributed by atoms with Crippen LogP contribution in [0, 0.1) is 6.92 Å². The number of nitrogens with zero attached hydrogens (tertiary/aromatic N) is 1. The van der Waals surface area contributed by atoms with Crippen molar-refractivity contribution in [2.24, 2.45) is 0 Å². The van der Waals surface area contributed by atoms with E-state index >= 15 is 0 Å². The molecule has 2 aromatic rings. The Bertz CT molecular complexity index is 819. The van der Waals surface area contributed by atoms with Crippen molar-refractivity contribution >= 4 is 29.3 Å². The lowest BCUT2D eigenvalue weighted by Crippen LogP contribution is -2.45. The van der Waals surface area contributed by atoms with Crippen LogP contribution >= 0.6 is 11.3 Å². The fourth-order valence-corrected chi connectivity index (χ4v) is 2.97. The number of carbonyl (C=O) groups excluding carboxylic acids is 2. The number of rotatable bonds is 6. The Morgan fingerprint density at radius 1 is 1.30 bits per heavy atom. The van der Waals surface area contributed by atoms with Gasteiger partial charge in [-0.2, -0.15) is 0 Å². The number of phenolic OH excluding ortho intramolecular Hbond substituents is 1. The number of hydrogen-bond donors (Lipinski definition) is 2. The van der Waals surface area contributed by atoms with E-state index in [4.69, 9.17) is 4.74 Å². The minimum Gasteiger partial charge on any atom is -0.508 e. The first-order valence-electron chi connectivity index (χ1n) is 8.53. The third kappa shape index (κ3) is 6.86. The van der Waals surface area contributed by atoms with Gasteiger partial charge in [0.05, 0.1) is 11.2 Å². The molecule has 6 nitrogen and oxygen atoms in total. The number of amides is 1. The summed E-state index contributed by atoms with van der Waals surface area (Å²) in [4.78, 5) is 29.9. The van der Waals surface area contributed by atoms with Crippen LogP contribution in [0.2, 0.25) is 0 Å². The molecule has 0 bridgehead atoms. The maximum Gasteiger partial charge on any atom is 0.329 e. The standard InChI is InChI=1S/C20H24N2O4S/c1-13-17(27-12-21-13)9-10-18(24)22-16(19(25)26-20(2,3)4)11-14-5-7-15(23)8-6-14/h5-10,12,16,23H,11H2,1-4H3,(H,22,24)/b10-9+. The van der Waals surface area contributed by atoms with Crippen molar-refractivity contribution < 1.29 is 19.4 Å². The number of benzene rings is 1. The molecule has 0 radical (unpaired) electrons. The molecule has 1 aromatic carbocycles. The number of phenols is 1. The lowest BCUT2D eigenvalue weighted by Gasteiger charge is -2.24. The van der Waals surface area contributed by atoms with Crippen LogP contribution in [0.5, 0.6) is 5.75 Å². The summed E-state index contributed by atoms with van der Waals surface area (Å²) in [5, 5.41) is 12.1. The average Bonchev–Trinajstić information content (AvgIpc) is 2.98. The highest BCUT2D eigenvalue weighted by Gasteiger charge is 2.26. The van der Waals surface area contributed by atoms with E-state index in [-0.39, 0.29) is 12.2 Å². The molecular formula is C20H24N2O4S. The molecule has 27 heavy (non-hydrogen) atoms. The van der Waals surface area contributed by atoms with Crippen molar-refractivity contribution in [3.05, 3.63) is 52.0 Å². The Morgan fingerprint density at radius 3 is 2.52 bits per heavy atom. The number of nitrogens with one attached hydrogen (secondary N) is 1. The second-order valence-corrected chi connectivity index (χ2v) is 7.99. The summed E-state index contributed by atoms with van der Waals surface area (Å²) < 4.78 is 5.43. The Labute approximate surface area is 162 Å². The molecule has 1 aromatic heterocycles. The van der Waals surface area contributed by atoms with E-state index in [1.165, 1.54) is 29.5 Å². The zero-order valence-corrected chi connectivity index (χ0v) is 16.7. The van der Waals surface area contributed by atoms with Gasteiger partial charge in [-0.25, -0.2) is 9.78 Å². The van der Waals surface area contributed by atoms with Crippen LogP contribution in [0.3, 0.4) is 0 Å². The topological polar surface area (TPSA) is 88.5 Å². The number of ether oxygens (including phenoxy) is 1. The largest absolute Gasteiger partial charge is 0.508 e. The fraction of sp³-hybridized carbons (Fsp3) is 0.350. The van der Waals surface area contributed by atoms with Crippen LogP contribution in [0.4, 0.5) is 0 Å². The summed E-state index contributed by atoms with van der Waals surface area (Å²) in [6.45, 7) is 7.19. The molecule has 0 saturated carbocycles. The van der Waals surface area contributed by atoms with Crippen molar-refractivity contribution in [1.29, 1.82) is 0 Å². The molecule has 0 aliphatic carbocycles. The van der Waals surface area contributed by atoms with Crippen molar-refractivity contribution in [2.45, 2.75) is 45.8 Å². The Balaban J connectivity index is 2.11. The molecular weight excluding hydrogens is 364 g/mol. The van der Waals surface area contributed by atoms with E-state index in [1.807, 2.05) is 6.92 Å². The van der Waals surface area contributed by atoms with Gasteiger partial charge in [-0.3, -0.25) is 4.79 Å². The zero-order valence-electron chi connectivity index (χ0n) is 15.9. The highest BCUT2D eigenvalue weighted by atomic mass is 32.1. The predicted molar refractivity (Wildman–Crippen MR) is 105 cm³/mol.